The number of aromatic amines is 1. The molecule has 2 N–H and O–H groups in total. The summed E-state index contributed by atoms with van der Waals surface area (Å²) in [6.45, 7) is 10.2. The van der Waals surface area contributed by atoms with Gasteiger partial charge >= 0.3 is 5.97 Å². The summed E-state index contributed by atoms with van der Waals surface area (Å²) in [6.07, 6.45) is 3.66. The van der Waals surface area contributed by atoms with Crippen LogP contribution in [0.2, 0.25) is 0 Å². The van der Waals surface area contributed by atoms with Crippen molar-refractivity contribution in [2.75, 3.05) is 12.4 Å². The average Bonchev–Trinajstić information content (AvgIpc) is 3.36. The Kier molecular flexibility index (Phi) is 6.05. The van der Waals surface area contributed by atoms with Gasteiger partial charge in [-0.25, -0.2) is 18.7 Å². The van der Waals surface area contributed by atoms with E-state index in [4.69, 9.17) is 14.7 Å². The molecular formula is C25H29F2N5O2. The summed E-state index contributed by atoms with van der Waals surface area (Å²) in [5, 5.41) is 4.57. The van der Waals surface area contributed by atoms with Crippen molar-refractivity contribution in [3.8, 4) is 11.4 Å². The van der Waals surface area contributed by atoms with Crippen LogP contribution in [0.4, 0.5) is 14.6 Å². The first-order valence-electron chi connectivity index (χ1n) is 11.2. The van der Waals surface area contributed by atoms with Gasteiger partial charge in [-0.2, -0.15) is 0 Å². The number of hydrogen-bond acceptors (Lipinski definition) is 5. The summed E-state index contributed by atoms with van der Waals surface area (Å²) in [7, 11) is 1.36. The van der Waals surface area contributed by atoms with E-state index in [1.54, 1.807) is 6.20 Å². The maximum Gasteiger partial charge on any atom is 0.307 e. The molecule has 0 aliphatic heterocycles. The Morgan fingerprint density at radius 2 is 1.94 bits per heavy atom. The van der Waals surface area contributed by atoms with Gasteiger partial charge in [0.05, 0.1) is 24.4 Å². The molecule has 0 unspecified atom stereocenters. The van der Waals surface area contributed by atoms with Crippen LogP contribution in [0.3, 0.4) is 0 Å². The zero-order chi connectivity index (χ0) is 24.8. The molecule has 3 heterocycles. The van der Waals surface area contributed by atoms with Crippen LogP contribution in [0.15, 0.2) is 30.6 Å². The summed E-state index contributed by atoms with van der Waals surface area (Å²) in [4.78, 5) is 24.5. The van der Waals surface area contributed by atoms with E-state index in [1.165, 1.54) is 13.2 Å². The van der Waals surface area contributed by atoms with Gasteiger partial charge in [-0.05, 0) is 31.4 Å². The normalized spacial score (nSPS) is 13.1. The lowest BCUT2D eigenvalue weighted by molar-refractivity contribution is -0.141. The van der Waals surface area contributed by atoms with Gasteiger partial charge in [0, 0.05) is 41.5 Å². The van der Waals surface area contributed by atoms with Crippen molar-refractivity contribution in [1.82, 2.24) is 19.5 Å². The fourth-order valence-electron chi connectivity index (χ4n) is 4.01. The molecule has 0 spiro atoms. The van der Waals surface area contributed by atoms with E-state index in [-0.39, 0.29) is 35.4 Å². The van der Waals surface area contributed by atoms with Crippen LogP contribution in [0, 0.1) is 17.0 Å². The number of anilines is 1. The molecule has 1 atom stereocenters. The second-order valence-electron chi connectivity index (χ2n) is 9.81. The number of H-pyrrole nitrogens is 1. The topological polar surface area (TPSA) is 84.8 Å². The van der Waals surface area contributed by atoms with Gasteiger partial charge < -0.3 is 19.6 Å². The molecule has 7 nitrogen and oxygen atoms in total. The van der Waals surface area contributed by atoms with Gasteiger partial charge in [-0.3, -0.25) is 4.79 Å². The predicted molar refractivity (Wildman–Crippen MR) is 129 cm³/mol. The second-order valence-corrected chi connectivity index (χ2v) is 9.81. The van der Waals surface area contributed by atoms with E-state index in [2.05, 4.69) is 10.3 Å². The Hall–Kier alpha value is -3.49. The number of carbonyl (C=O) groups excluding carboxylic acids is 1. The fourth-order valence-corrected chi connectivity index (χ4v) is 4.01. The molecule has 4 rings (SSSR count). The third-order valence-corrected chi connectivity index (χ3v) is 6.03. The van der Waals surface area contributed by atoms with Crippen molar-refractivity contribution in [2.45, 2.75) is 53.1 Å². The molecule has 180 valence electrons. The number of esters is 1. The Labute approximate surface area is 196 Å². The molecule has 3 aromatic heterocycles. The van der Waals surface area contributed by atoms with Crippen LogP contribution in [0.25, 0.3) is 33.3 Å². The third-order valence-electron chi connectivity index (χ3n) is 6.03. The van der Waals surface area contributed by atoms with Gasteiger partial charge in [-0.15, -0.1) is 0 Å². The van der Waals surface area contributed by atoms with Crippen LogP contribution in [-0.4, -0.2) is 38.6 Å². The van der Waals surface area contributed by atoms with Crippen molar-refractivity contribution in [1.29, 1.82) is 0 Å². The first kappa shape index (κ1) is 23.7. The average molecular weight is 470 g/mol. The Morgan fingerprint density at radius 1 is 1.21 bits per heavy atom. The van der Waals surface area contributed by atoms with Gasteiger partial charge in [0.2, 0.25) is 0 Å². The Balaban J connectivity index is 1.92. The maximum absolute atomic E-state index is 14.3. The first-order chi connectivity index (χ1) is 16.0. The zero-order valence-electron chi connectivity index (χ0n) is 20.2. The number of rotatable bonds is 6. The van der Waals surface area contributed by atoms with E-state index < -0.39 is 11.6 Å². The minimum atomic E-state index is -0.683. The highest BCUT2D eigenvalue weighted by atomic mass is 19.1. The number of halogens is 2. The van der Waals surface area contributed by atoms with Gasteiger partial charge in [0.15, 0.2) is 5.82 Å². The maximum atomic E-state index is 14.3. The van der Waals surface area contributed by atoms with Gasteiger partial charge in [-0.1, -0.05) is 20.8 Å². The van der Waals surface area contributed by atoms with Crippen molar-refractivity contribution in [3.05, 3.63) is 42.2 Å². The van der Waals surface area contributed by atoms with Crippen LogP contribution >= 0.6 is 0 Å². The van der Waals surface area contributed by atoms with E-state index >= 15 is 0 Å². The van der Waals surface area contributed by atoms with Crippen LogP contribution in [0.5, 0.6) is 0 Å². The molecule has 0 amide bonds. The second kappa shape index (κ2) is 8.70. The lowest BCUT2D eigenvalue weighted by Gasteiger charge is -2.31. The number of benzene rings is 1. The number of fused-ring (bicyclic) bond motifs is 2. The highest BCUT2D eigenvalue weighted by Crippen LogP contribution is 2.34. The predicted octanol–water partition coefficient (Wildman–Crippen LogP) is 5.83. The van der Waals surface area contributed by atoms with E-state index in [1.807, 2.05) is 51.4 Å². The fraction of sp³-hybridized carbons (Fsp3) is 0.400. The molecule has 4 aromatic rings. The van der Waals surface area contributed by atoms with Crippen LogP contribution in [-0.2, 0) is 9.53 Å². The van der Waals surface area contributed by atoms with Crippen molar-refractivity contribution >= 4 is 33.7 Å². The Morgan fingerprint density at radius 3 is 2.59 bits per heavy atom. The minimum Gasteiger partial charge on any atom is -0.469 e. The summed E-state index contributed by atoms with van der Waals surface area (Å²) < 4.78 is 35.2. The number of ether oxygens (including phenoxy) is 1. The summed E-state index contributed by atoms with van der Waals surface area (Å²) in [6, 6.07) is 3.87. The third kappa shape index (κ3) is 4.34. The summed E-state index contributed by atoms with van der Waals surface area (Å²) in [5.74, 6) is -0.842. The molecule has 9 heteroatoms. The van der Waals surface area contributed by atoms with Crippen LogP contribution < -0.4 is 5.32 Å². The highest BCUT2D eigenvalue weighted by molar-refractivity contribution is 5.96. The molecule has 0 saturated heterocycles. The van der Waals surface area contributed by atoms with E-state index in [0.29, 0.717) is 28.2 Å². The quantitative estimate of drug-likeness (QED) is 0.347. The van der Waals surface area contributed by atoms with Crippen LogP contribution in [0.1, 0.15) is 47.1 Å². The summed E-state index contributed by atoms with van der Waals surface area (Å²) in [5.41, 5.74) is 1.06. The number of carbonyl (C=O) groups is 1. The minimum absolute atomic E-state index is 0.124. The molecule has 0 aliphatic carbocycles. The molecule has 0 fully saturated rings. The van der Waals surface area contributed by atoms with E-state index in [9.17, 15) is 13.6 Å². The monoisotopic (exact) mass is 469 g/mol. The van der Waals surface area contributed by atoms with Gasteiger partial charge in [0.25, 0.3) is 0 Å². The molecule has 0 saturated carbocycles. The largest absolute Gasteiger partial charge is 0.469 e. The van der Waals surface area contributed by atoms with Crippen molar-refractivity contribution < 1.29 is 18.3 Å². The molecule has 0 radical (unpaired) electrons. The molecule has 34 heavy (non-hydrogen) atoms. The van der Waals surface area contributed by atoms with Crippen molar-refractivity contribution in [3.63, 3.8) is 0 Å². The molecule has 0 bridgehead atoms. The van der Waals surface area contributed by atoms with Crippen molar-refractivity contribution in [2.24, 2.45) is 5.41 Å². The molecular weight excluding hydrogens is 440 g/mol. The number of nitrogens with one attached hydrogen (secondary N) is 2. The standard InChI is InChI=1S/C25H29F2N5O2/c1-13(2)32-8-7-15-22(29-19(25(3,4)5)11-20(33)34-6)30-23(31-24(15)32)17-12-28-21-16(17)9-14(26)10-18(21)27/h7-10,12-13,19,28H,11H2,1-6H3,(H,29,30,31)/t19-/m1/s1. The van der Waals surface area contributed by atoms with E-state index in [0.717, 1.165) is 11.5 Å². The lowest BCUT2D eigenvalue weighted by Crippen LogP contribution is -2.36. The first-order valence-corrected chi connectivity index (χ1v) is 11.2. The molecule has 1 aromatic carbocycles. The summed E-state index contributed by atoms with van der Waals surface area (Å²) >= 11 is 0. The smallest absolute Gasteiger partial charge is 0.307 e. The molecule has 0 aliphatic rings. The number of methoxy groups -OCH3 is 1. The number of hydrogen-bond donors (Lipinski definition) is 2. The number of aromatic nitrogens is 4. The number of nitrogens with zero attached hydrogens (tertiary/aromatic N) is 3. The lowest BCUT2D eigenvalue weighted by atomic mass is 9.84. The zero-order valence-corrected chi connectivity index (χ0v) is 20.2. The van der Waals surface area contributed by atoms with Gasteiger partial charge in [0.1, 0.15) is 23.1 Å². The Bertz CT molecular complexity index is 1370. The SMILES string of the molecule is COC(=O)C[C@@H](Nc1nc(-c2c[nH]c3c(F)cc(F)cc23)nc2c1ccn2C(C)C)C(C)(C)C. The highest BCUT2D eigenvalue weighted by Gasteiger charge is 2.29.